The molecule has 1 heterocycles. The van der Waals surface area contributed by atoms with E-state index in [0.29, 0.717) is 12.8 Å². The molecule has 0 aromatic rings. The molecular formula is C16H24BrN3O2. The molecule has 22 heavy (non-hydrogen) atoms. The maximum Gasteiger partial charge on any atom is 0.328 e. The van der Waals surface area contributed by atoms with Gasteiger partial charge in [-0.05, 0) is 33.6 Å². The molecule has 2 fully saturated rings. The normalized spacial score (nSPS) is 26.2. The molecule has 5 nitrogen and oxygen atoms in total. The van der Waals surface area contributed by atoms with Gasteiger partial charge in [0.15, 0.2) is 0 Å². The van der Waals surface area contributed by atoms with Gasteiger partial charge in [-0.2, -0.15) is 5.26 Å². The maximum absolute atomic E-state index is 13.1. The van der Waals surface area contributed by atoms with Crippen LogP contribution in [0.2, 0.25) is 0 Å². The Morgan fingerprint density at radius 2 is 1.68 bits per heavy atom. The van der Waals surface area contributed by atoms with Crippen molar-refractivity contribution in [2.45, 2.75) is 75.8 Å². The number of urea groups is 1. The molecule has 0 bridgehead atoms. The van der Waals surface area contributed by atoms with Gasteiger partial charge in [-0.25, -0.2) is 4.79 Å². The van der Waals surface area contributed by atoms with E-state index in [1.165, 1.54) is 4.90 Å². The van der Waals surface area contributed by atoms with Gasteiger partial charge in [0, 0.05) is 10.9 Å². The highest BCUT2D eigenvalue weighted by Gasteiger charge is 2.61. The number of rotatable bonds is 4. The third-order valence-electron chi connectivity index (χ3n) is 5.33. The topological polar surface area (TPSA) is 64.4 Å². The van der Waals surface area contributed by atoms with Gasteiger partial charge in [-0.15, -0.1) is 0 Å². The fourth-order valence-corrected chi connectivity index (χ4v) is 3.82. The maximum atomic E-state index is 13.1. The lowest BCUT2D eigenvalue weighted by Crippen LogP contribution is -2.53. The molecule has 4 atom stereocenters. The predicted molar refractivity (Wildman–Crippen MR) is 87.4 cm³/mol. The lowest BCUT2D eigenvalue weighted by molar-refractivity contribution is -0.134. The SMILES string of the molecule is CC(Br)[C@H](C)N1C(=O)N([C@@H](C)C(C)C#N)C2(CCCC2)C1=O. The van der Waals surface area contributed by atoms with Crippen molar-refractivity contribution in [3.8, 4) is 6.07 Å². The highest BCUT2D eigenvalue weighted by atomic mass is 79.9. The van der Waals surface area contributed by atoms with E-state index in [1.807, 2.05) is 27.7 Å². The Kier molecular flexibility index (Phi) is 4.86. The summed E-state index contributed by atoms with van der Waals surface area (Å²) in [5.74, 6) is -0.378. The Morgan fingerprint density at radius 1 is 1.14 bits per heavy atom. The van der Waals surface area contributed by atoms with Gasteiger partial charge in [0.05, 0.1) is 18.0 Å². The van der Waals surface area contributed by atoms with Crippen LogP contribution in [0.5, 0.6) is 0 Å². The molecule has 2 aliphatic rings. The predicted octanol–water partition coefficient (Wildman–Crippen LogP) is 3.28. The van der Waals surface area contributed by atoms with E-state index in [-0.39, 0.29) is 34.8 Å². The number of halogens is 1. The van der Waals surface area contributed by atoms with Gasteiger partial charge >= 0.3 is 6.03 Å². The quantitative estimate of drug-likeness (QED) is 0.564. The van der Waals surface area contributed by atoms with Gasteiger partial charge in [0.25, 0.3) is 5.91 Å². The van der Waals surface area contributed by atoms with Crippen molar-refractivity contribution in [1.29, 1.82) is 5.26 Å². The van der Waals surface area contributed by atoms with Crippen LogP contribution in [0.4, 0.5) is 4.79 Å². The first-order valence-electron chi connectivity index (χ1n) is 7.98. The van der Waals surface area contributed by atoms with Crippen LogP contribution in [0.3, 0.4) is 0 Å². The van der Waals surface area contributed by atoms with Crippen LogP contribution >= 0.6 is 15.9 Å². The van der Waals surface area contributed by atoms with Crippen molar-refractivity contribution in [3.63, 3.8) is 0 Å². The molecule has 0 N–H and O–H groups in total. The fraction of sp³-hybridized carbons (Fsp3) is 0.812. The molecule has 6 heteroatoms. The van der Waals surface area contributed by atoms with Gasteiger partial charge in [-0.1, -0.05) is 35.7 Å². The number of amides is 3. The minimum atomic E-state index is -0.724. The van der Waals surface area contributed by atoms with Crippen molar-refractivity contribution in [2.75, 3.05) is 0 Å². The second-order valence-electron chi connectivity index (χ2n) is 6.64. The summed E-state index contributed by atoms with van der Waals surface area (Å²) >= 11 is 3.48. The van der Waals surface area contributed by atoms with Crippen molar-refractivity contribution < 1.29 is 9.59 Å². The van der Waals surface area contributed by atoms with Gasteiger partial charge in [-0.3, -0.25) is 9.69 Å². The molecule has 3 amide bonds. The van der Waals surface area contributed by atoms with Crippen LogP contribution in [0, 0.1) is 17.2 Å². The molecule has 2 rings (SSSR count). The Balaban J connectivity index is 2.44. The molecule has 0 aromatic heterocycles. The number of nitriles is 1. The smallest absolute Gasteiger partial charge is 0.306 e. The Morgan fingerprint density at radius 3 is 2.14 bits per heavy atom. The van der Waals surface area contributed by atoms with Crippen LogP contribution in [0.15, 0.2) is 0 Å². The molecule has 1 spiro atoms. The molecular weight excluding hydrogens is 346 g/mol. The molecule has 1 saturated carbocycles. The number of carbonyl (C=O) groups is 2. The van der Waals surface area contributed by atoms with E-state index in [0.717, 1.165) is 12.8 Å². The van der Waals surface area contributed by atoms with E-state index >= 15 is 0 Å². The van der Waals surface area contributed by atoms with Crippen molar-refractivity contribution in [3.05, 3.63) is 0 Å². The van der Waals surface area contributed by atoms with Crippen molar-refractivity contribution >= 4 is 27.9 Å². The largest absolute Gasteiger partial charge is 0.328 e. The third kappa shape index (κ3) is 2.44. The second kappa shape index (κ2) is 6.19. The molecule has 1 aliphatic heterocycles. The summed E-state index contributed by atoms with van der Waals surface area (Å²) in [7, 11) is 0. The Labute approximate surface area is 140 Å². The molecule has 1 aliphatic carbocycles. The molecule has 1 saturated heterocycles. The zero-order valence-corrected chi connectivity index (χ0v) is 15.3. The van der Waals surface area contributed by atoms with E-state index in [2.05, 4.69) is 22.0 Å². The minimum absolute atomic E-state index is 0.0301. The number of carbonyl (C=O) groups excluding carboxylic acids is 2. The van der Waals surface area contributed by atoms with Gasteiger partial charge < -0.3 is 4.90 Å². The lowest BCUT2D eigenvalue weighted by atomic mass is 9.91. The average molecular weight is 370 g/mol. The first kappa shape index (κ1) is 17.3. The van der Waals surface area contributed by atoms with Gasteiger partial charge in [0.1, 0.15) is 5.54 Å². The molecule has 0 aromatic carbocycles. The zero-order chi connectivity index (χ0) is 16.7. The summed E-state index contributed by atoms with van der Waals surface area (Å²) in [6, 6.07) is 1.52. The second-order valence-corrected chi connectivity index (χ2v) is 8.09. The van der Waals surface area contributed by atoms with Crippen molar-refractivity contribution in [1.82, 2.24) is 9.80 Å². The summed E-state index contributed by atoms with van der Waals surface area (Å²) in [6.45, 7) is 7.52. The zero-order valence-electron chi connectivity index (χ0n) is 13.7. The number of alkyl halides is 1. The van der Waals surface area contributed by atoms with E-state index < -0.39 is 5.54 Å². The minimum Gasteiger partial charge on any atom is -0.306 e. The highest BCUT2D eigenvalue weighted by molar-refractivity contribution is 9.09. The third-order valence-corrected chi connectivity index (χ3v) is 6.09. The average Bonchev–Trinajstić information content (AvgIpc) is 3.03. The highest BCUT2D eigenvalue weighted by Crippen LogP contribution is 2.45. The number of nitrogens with zero attached hydrogens (tertiary/aromatic N) is 3. The number of imide groups is 1. The number of hydrogen-bond acceptors (Lipinski definition) is 3. The summed E-state index contributed by atoms with van der Waals surface area (Å²) < 4.78 is 0. The van der Waals surface area contributed by atoms with Gasteiger partial charge in [0.2, 0.25) is 0 Å². The van der Waals surface area contributed by atoms with E-state index in [1.54, 1.807) is 4.90 Å². The molecule has 0 radical (unpaired) electrons. The van der Waals surface area contributed by atoms with Crippen LogP contribution in [0.1, 0.15) is 53.4 Å². The monoisotopic (exact) mass is 369 g/mol. The summed E-state index contributed by atoms with van der Waals surface area (Å²) in [5.41, 5.74) is -0.724. The Hall–Kier alpha value is -1.09. The first-order chi connectivity index (χ1) is 10.3. The molecule has 122 valence electrons. The van der Waals surface area contributed by atoms with E-state index in [4.69, 9.17) is 0 Å². The first-order valence-corrected chi connectivity index (χ1v) is 8.90. The summed E-state index contributed by atoms with van der Waals surface area (Å²) in [5, 5.41) is 9.22. The molecule has 2 unspecified atom stereocenters. The summed E-state index contributed by atoms with van der Waals surface area (Å²) in [6.07, 6.45) is 3.32. The fourth-order valence-electron chi connectivity index (χ4n) is 3.59. The van der Waals surface area contributed by atoms with Crippen molar-refractivity contribution in [2.24, 2.45) is 5.92 Å². The lowest BCUT2D eigenvalue weighted by Gasteiger charge is -2.37. The summed E-state index contributed by atoms with van der Waals surface area (Å²) in [4.78, 5) is 29.2. The van der Waals surface area contributed by atoms with Crippen LogP contribution in [-0.4, -0.2) is 44.2 Å². The van der Waals surface area contributed by atoms with Crippen LogP contribution < -0.4 is 0 Å². The standard InChI is InChI=1S/C16H24BrN3O2/c1-10(9-18)12(3)20-15(22)19(13(4)11(2)17)14(21)16(20)7-5-6-8-16/h10-13H,5-8H2,1-4H3/t10?,11?,12-,13-/m0/s1. The van der Waals surface area contributed by atoms with Crippen LogP contribution in [-0.2, 0) is 4.79 Å². The van der Waals surface area contributed by atoms with E-state index in [9.17, 15) is 14.9 Å². The van der Waals surface area contributed by atoms with Crippen LogP contribution in [0.25, 0.3) is 0 Å². The number of hydrogen-bond donors (Lipinski definition) is 0. The Bertz CT molecular complexity index is 508.